The third kappa shape index (κ3) is 6.82. The highest BCUT2D eigenvalue weighted by molar-refractivity contribution is 7.99. The SMILES string of the molecule is CS[C@]1(COP(=O)(O)OP(=O)(O)OP(=O)(O)O)OC(n2ccc(N)nc2=O)[C@H](Cl)[C@@H]1O. The van der Waals surface area contributed by atoms with E-state index in [1.165, 1.54) is 18.5 Å². The summed E-state index contributed by atoms with van der Waals surface area (Å²) < 4.78 is 52.3. The van der Waals surface area contributed by atoms with Gasteiger partial charge in [-0.3, -0.25) is 9.09 Å². The number of anilines is 1. The van der Waals surface area contributed by atoms with Crippen LogP contribution in [0, 0.1) is 0 Å². The van der Waals surface area contributed by atoms with Crippen LogP contribution in [0.1, 0.15) is 6.23 Å². The smallest absolute Gasteiger partial charge is 0.387 e. The molecule has 178 valence electrons. The van der Waals surface area contributed by atoms with Crippen molar-refractivity contribution in [2.75, 3.05) is 18.6 Å². The van der Waals surface area contributed by atoms with E-state index in [0.29, 0.717) is 0 Å². The Bertz CT molecular complexity index is 1020. The molecule has 1 saturated heterocycles. The van der Waals surface area contributed by atoms with Crippen molar-refractivity contribution in [1.29, 1.82) is 0 Å². The van der Waals surface area contributed by atoms with Gasteiger partial charge in [0.25, 0.3) is 0 Å². The van der Waals surface area contributed by atoms with E-state index in [0.717, 1.165) is 16.3 Å². The molecule has 1 aliphatic rings. The molecule has 1 aromatic heterocycles. The lowest BCUT2D eigenvalue weighted by Gasteiger charge is -2.30. The summed E-state index contributed by atoms with van der Waals surface area (Å²) in [5, 5.41) is 9.21. The van der Waals surface area contributed by atoms with Gasteiger partial charge in [0.2, 0.25) is 0 Å². The summed E-state index contributed by atoms with van der Waals surface area (Å²) in [7, 11) is -16.8. The van der Waals surface area contributed by atoms with Gasteiger partial charge in [-0.05, 0) is 12.3 Å². The van der Waals surface area contributed by atoms with Crippen molar-refractivity contribution in [3.05, 3.63) is 22.7 Å². The topological polar surface area (TPSA) is 250 Å². The zero-order valence-corrected chi connectivity index (χ0v) is 19.5. The van der Waals surface area contributed by atoms with E-state index in [4.69, 9.17) is 31.9 Å². The molecule has 2 heterocycles. The number of rotatable bonds is 9. The summed E-state index contributed by atoms with van der Waals surface area (Å²) in [5.74, 6) is -0.0882. The Balaban J connectivity index is 2.20. The lowest BCUT2D eigenvalue weighted by Crippen LogP contribution is -2.42. The molecule has 7 N–H and O–H groups in total. The first kappa shape index (κ1) is 26.9. The molecule has 0 bridgehead atoms. The molecule has 1 aromatic rings. The van der Waals surface area contributed by atoms with Crippen LogP contribution >= 0.6 is 46.8 Å². The third-order valence-corrected chi connectivity index (χ3v) is 9.04. The number of phosphoric ester groups is 1. The fraction of sp³-hybridized carbons (Fsp3) is 0.600. The monoisotopic (exact) mass is 547 g/mol. The van der Waals surface area contributed by atoms with Crippen LogP contribution in [0.3, 0.4) is 0 Å². The molecule has 0 aliphatic carbocycles. The lowest BCUT2D eigenvalue weighted by atomic mass is 10.1. The van der Waals surface area contributed by atoms with Crippen molar-refractivity contribution in [2.24, 2.45) is 0 Å². The van der Waals surface area contributed by atoms with E-state index in [2.05, 4.69) is 18.1 Å². The van der Waals surface area contributed by atoms with Gasteiger partial charge in [0.1, 0.15) is 17.3 Å². The number of aliphatic hydroxyl groups is 1. The predicted octanol–water partition coefficient (Wildman–Crippen LogP) is -0.275. The molecule has 0 saturated carbocycles. The normalized spacial score (nSPS) is 30.6. The van der Waals surface area contributed by atoms with Gasteiger partial charge < -0.3 is 35.2 Å². The largest absolute Gasteiger partial charge is 0.490 e. The molecular formula is C10H17ClN3O13P3S. The maximum absolute atomic E-state index is 12.0. The van der Waals surface area contributed by atoms with Crippen LogP contribution in [0.25, 0.3) is 0 Å². The van der Waals surface area contributed by atoms with Crippen LogP contribution in [0.15, 0.2) is 17.1 Å². The van der Waals surface area contributed by atoms with Crippen molar-refractivity contribution in [2.45, 2.75) is 22.6 Å². The summed E-state index contributed by atoms with van der Waals surface area (Å²) in [5.41, 5.74) is 4.54. The highest BCUT2D eigenvalue weighted by Crippen LogP contribution is 2.66. The Hall–Kier alpha value is -0.350. The molecule has 0 aromatic carbocycles. The number of hydrogen-bond acceptors (Lipinski definition) is 12. The highest BCUT2D eigenvalue weighted by Gasteiger charge is 2.56. The highest BCUT2D eigenvalue weighted by atomic mass is 35.5. The quantitative estimate of drug-likeness (QED) is 0.172. The maximum Gasteiger partial charge on any atom is 0.490 e. The van der Waals surface area contributed by atoms with E-state index in [-0.39, 0.29) is 5.82 Å². The molecule has 0 spiro atoms. The van der Waals surface area contributed by atoms with Gasteiger partial charge >= 0.3 is 29.2 Å². The molecule has 0 amide bonds. The Morgan fingerprint density at radius 1 is 1.29 bits per heavy atom. The Labute approximate surface area is 182 Å². The Morgan fingerprint density at radius 3 is 2.42 bits per heavy atom. The minimum Gasteiger partial charge on any atom is -0.387 e. The van der Waals surface area contributed by atoms with Gasteiger partial charge in [-0.1, -0.05) is 0 Å². The number of halogens is 1. The maximum atomic E-state index is 12.0. The van der Waals surface area contributed by atoms with Crippen molar-refractivity contribution in [3.8, 4) is 0 Å². The van der Waals surface area contributed by atoms with Gasteiger partial charge in [0.15, 0.2) is 11.2 Å². The number of nitrogens with zero attached hydrogens (tertiary/aromatic N) is 2. The molecule has 1 aliphatic heterocycles. The zero-order chi connectivity index (χ0) is 23.8. The second-order valence-corrected chi connectivity index (χ2v) is 11.8. The molecule has 16 nitrogen and oxygen atoms in total. The fourth-order valence-corrected chi connectivity index (χ4v) is 6.74. The van der Waals surface area contributed by atoms with Crippen LogP contribution in [0.4, 0.5) is 5.82 Å². The summed E-state index contributed by atoms with van der Waals surface area (Å²) in [6.45, 7) is -0.990. The zero-order valence-electron chi connectivity index (χ0n) is 15.2. The predicted molar refractivity (Wildman–Crippen MR) is 105 cm³/mol. The van der Waals surface area contributed by atoms with Crippen LogP contribution in [-0.2, 0) is 31.6 Å². The number of ether oxygens (including phenoxy) is 1. The summed E-state index contributed by atoms with van der Waals surface area (Å²) in [4.78, 5) is 49.5. The van der Waals surface area contributed by atoms with Crippen LogP contribution in [0.5, 0.6) is 0 Å². The number of alkyl halides is 1. The third-order valence-electron chi connectivity index (χ3n) is 3.66. The second-order valence-electron chi connectivity index (χ2n) is 5.82. The van der Waals surface area contributed by atoms with E-state index >= 15 is 0 Å². The van der Waals surface area contributed by atoms with Crippen LogP contribution < -0.4 is 11.4 Å². The van der Waals surface area contributed by atoms with Crippen molar-refractivity contribution >= 4 is 52.6 Å². The number of thioether (sulfide) groups is 1. The molecule has 1 fully saturated rings. The number of aromatic nitrogens is 2. The minimum atomic E-state index is -5.73. The van der Waals surface area contributed by atoms with E-state index in [1.807, 2.05) is 0 Å². The van der Waals surface area contributed by atoms with Crippen molar-refractivity contribution in [3.63, 3.8) is 0 Å². The number of hydrogen-bond donors (Lipinski definition) is 6. The minimum absolute atomic E-state index is 0.0882. The van der Waals surface area contributed by atoms with Gasteiger partial charge in [-0.15, -0.1) is 23.4 Å². The average molecular weight is 548 g/mol. The lowest BCUT2D eigenvalue weighted by molar-refractivity contribution is -0.0675. The fourth-order valence-electron chi connectivity index (χ4n) is 2.39. The van der Waals surface area contributed by atoms with E-state index in [9.17, 15) is 33.4 Å². The van der Waals surface area contributed by atoms with E-state index < -0.39 is 58.4 Å². The number of nitrogen functional groups attached to an aromatic ring is 1. The van der Waals surface area contributed by atoms with Crippen LogP contribution in [0.2, 0.25) is 0 Å². The Kier molecular flexibility index (Phi) is 8.23. The average Bonchev–Trinajstić information content (AvgIpc) is 2.82. The first-order chi connectivity index (χ1) is 14.0. The van der Waals surface area contributed by atoms with Crippen molar-refractivity contribution in [1.82, 2.24) is 9.55 Å². The molecule has 21 heteroatoms. The first-order valence-electron chi connectivity index (χ1n) is 7.69. The van der Waals surface area contributed by atoms with Crippen LogP contribution in [-0.4, -0.2) is 63.5 Å². The number of aliphatic hydroxyl groups excluding tert-OH is 1. The second kappa shape index (κ2) is 9.49. The van der Waals surface area contributed by atoms with Crippen molar-refractivity contribution < 1.29 is 56.3 Å². The number of nitrogens with two attached hydrogens (primary N) is 1. The molecular weight excluding hydrogens is 531 g/mol. The number of phosphoric acid groups is 3. The molecule has 0 radical (unpaired) electrons. The summed E-state index contributed by atoms with van der Waals surface area (Å²) in [6, 6.07) is 1.26. The Morgan fingerprint density at radius 2 is 1.90 bits per heavy atom. The first-order valence-corrected chi connectivity index (χ1v) is 13.9. The summed E-state index contributed by atoms with van der Waals surface area (Å²) in [6.07, 6.45) is -0.365. The van der Waals surface area contributed by atoms with E-state index in [1.54, 1.807) is 0 Å². The standard InChI is InChI=1S/C10H17ClN3O13P3S/c1-31-10(4-24-29(20,21)27-30(22,23)26-28(17,18)19)7(15)6(11)8(25-10)14-3-2-5(12)13-9(14)16/h2-3,6-8,15H,4H2,1H3,(H,20,21)(H,22,23)(H2,12,13,16)(H2,17,18,19)/t6-,7+,8?,10+/m1/s1. The summed E-state index contributed by atoms with van der Waals surface area (Å²) >= 11 is 6.90. The van der Waals surface area contributed by atoms with Gasteiger partial charge in [0.05, 0.1) is 6.61 Å². The van der Waals surface area contributed by atoms with Gasteiger partial charge in [-0.25, -0.2) is 18.5 Å². The van der Waals surface area contributed by atoms with Gasteiger partial charge in [0, 0.05) is 6.20 Å². The molecule has 6 atom stereocenters. The van der Waals surface area contributed by atoms with Gasteiger partial charge in [-0.2, -0.15) is 13.6 Å². The molecule has 2 rings (SSSR count). The molecule has 3 unspecified atom stereocenters. The molecule has 31 heavy (non-hydrogen) atoms.